The van der Waals surface area contributed by atoms with Crippen molar-refractivity contribution in [3.8, 4) is 5.75 Å². The molecule has 4 nitrogen and oxygen atoms in total. The van der Waals surface area contributed by atoms with Crippen molar-refractivity contribution < 1.29 is 14.6 Å². The molecule has 0 unspecified atom stereocenters. The molecule has 0 aliphatic rings. The van der Waals surface area contributed by atoms with Crippen molar-refractivity contribution in [2.24, 2.45) is 0 Å². The third-order valence-corrected chi connectivity index (χ3v) is 2.26. The van der Waals surface area contributed by atoms with Crippen LogP contribution in [0.4, 0.5) is 5.69 Å². The summed E-state index contributed by atoms with van der Waals surface area (Å²) in [6, 6.07) is 3.03. The Morgan fingerprint density at radius 2 is 2.16 bits per heavy atom. The molecule has 0 saturated carbocycles. The van der Waals surface area contributed by atoms with E-state index in [0.717, 1.165) is 0 Å². The predicted octanol–water partition coefficient (Wildman–Crippen LogP) is 3.18. The van der Waals surface area contributed by atoms with Gasteiger partial charge in [-0.2, -0.15) is 0 Å². The maximum Gasteiger partial charge on any atom is 0.330 e. The highest BCUT2D eigenvalue weighted by Crippen LogP contribution is 2.29. The van der Waals surface area contributed by atoms with Gasteiger partial charge in [-0.1, -0.05) is 29.8 Å². The van der Waals surface area contributed by atoms with E-state index < -0.39 is 5.97 Å². The van der Waals surface area contributed by atoms with Crippen LogP contribution in [0.15, 0.2) is 30.4 Å². The van der Waals surface area contributed by atoms with Crippen molar-refractivity contribution >= 4 is 41.7 Å². The van der Waals surface area contributed by atoms with Gasteiger partial charge in [0.25, 0.3) is 0 Å². The summed E-state index contributed by atoms with van der Waals surface area (Å²) in [5, 5.41) is 10.1. The first kappa shape index (κ1) is 17.4. The number of allylic oxidation sites excluding steroid dienone is 2. The quantitative estimate of drug-likeness (QED) is 0.295. The fraction of sp³-hybridized carbons (Fsp3) is 0.154. The number of hydrogen-bond donors (Lipinski definition) is 2. The number of nitrogen functional groups attached to an aromatic ring is 1. The molecule has 1 aromatic carbocycles. The number of phenolic OH excluding ortho intramolecular Hbond substituents is 1. The lowest BCUT2D eigenvalue weighted by atomic mass is 10.1. The largest absolute Gasteiger partial charge is 0.505 e. The van der Waals surface area contributed by atoms with E-state index in [-0.39, 0.29) is 23.8 Å². The number of ether oxygens (including phenoxy) is 1. The second kappa shape index (κ2) is 8.45. The van der Waals surface area contributed by atoms with E-state index in [1.54, 1.807) is 25.1 Å². The summed E-state index contributed by atoms with van der Waals surface area (Å²) in [4.78, 5) is 11.0. The highest BCUT2D eigenvalue weighted by molar-refractivity contribution is 6.31. The number of anilines is 1. The number of phenols is 1. The SMILES string of the molecule is CCOC(=O)/C=C/C=C/c1cc(Cl)cc(N)c1O.Cl. The van der Waals surface area contributed by atoms with E-state index in [1.165, 1.54) is 18.2 Å². The standard InChI is InChI=1S/C13H14ClNO3.ClH/c1-2-18-12(16)6-4-3-5-9-7-10(14)8-11(15)13(9)17;/h3-8,17H,2,15H2,1H3;1H/b5-3+,6-4+;. The average molecular weight is 304 g/mol. The van der Waals surface area contributed by atoms with Crippen LogP contribution in [-0.4, -0.2) is 17.7 Å². The van der Waals surface area contributed by atoms with Gasteiger partial charge in [0, 0.05) is 16.7 Å². The fourth-order valence-corrected chi connectivity index (χ4v) is 1.49. The van der Waals surface area contributed by atoms with Gasteiger partial charge in [-0.3, -0.25) is 0 Å². The molecule has 0 bridgehead atoms. The lowest BCUT2D eigenvalue weighted by molar-refractivity contribution is -0.137. The first-order valence-corrected chi connectivity index (χ1v) is 5.72. The van der Waals surface area contributed by atoms with Crippen LogP contribution in [-0.2, 0) is 9.53 Å². The monoisotopic (exact) mass is 303 g/mol. The van der Waals surface area contributed by atoms with Gasteiger partial charge in [-0.15, -0.1) is 12.4 Å². The van der Waals surface area contributed by atoms with Crippen molar-refractivity contribution in [2.45, 2.75) is 6.92 Å². The van der Waals surface area contributed by atoms with Crippen LogP contribution in [0, 0.1) is 0 Å². The van der Waals surface area contributed by atoms with Crippen molar-refractivity contribution in [3.05, 3.63) is 40.9 Å². The molecule has 6 heteroatoms. The van der Waals surface area contributed by atoms with Crippen molar-refractivity contribution in [2.75, 3.05) is 12.3 Å². The van der Waals surface area contributed by atoms with Gasteiger partial charge in [0.2, 0.25) is 0 Å². The van der Waals surface area contributed by atoms with E-state index in [1.807, 2.05) is 0 Å². The number of aromatic hydroxyl groups is 1. The van der Waals surface area contributed by atoms with E-state index in [9.17, 15) is 9.90 Å². The Labute approximate surface area is 122 Å². The molecule has 0 saturated heterocycles. The number of rotatable bonds is 4. The topological polar surface area (TPSA) is 72.5 Å². The third kappa shape index (κ3) is 5.68. The molecule has 3 N–H and O–H groups in total. The Morgan fingerprint density at radius 1 is 1.47 bits per heavy atom. The molecule has 104 valence electrons. The van der Waals surface area contributed by atoms with Crippen LogP contribution in [0.1, 0.15) is 12.5 Å². The summed E-state index contributed by atoms with van der Waals surface area (Å²) in [5.41, 5.74) is 6.24. The van der Waals surface area contributed by atoms with Gasteiger partial charge >= 0.3 is 5.97 Å². The van der Waals surface area contributed by atoms with Gasteiger partial charge < -0.3 is 15.6 Å². The molecular formula is C13H15Cl2NO3. The summed E-state index contributed by atoms with van der Waals surface area (Å²) in [5.74, 6) is -0.461. The minimum atomic E-state index is -0.419. The number of halogens is 2. The zero-order valence-electron chi connectivity index (χ0n) is 10.3. The molecule has 0 spiro atoms. The molecule has 0 atom stereocenters. The molecule has 0 aliphatic carbocycles. The molecule has 1 rings (SSSR count). The molecule has 0 aliphatic heterocycles. The Bertz CT molecular complexity index is 499. The van der Waals surface area contributed by atoms with Crippen LogP contribution in [0.3, 0.4) is 0 Å². The summed E-state index contributed by atoms with van der Waals surface area (Å²) in [6.07, 6.45) is 5.97. The summed E-state index contributed by atoms with van der Waals surface area (Å²) in [7, 11) is 0. The zero-order chi connectivity index (χ0) is 13.5. The minimum absolute atomic E-state index is 0. The highest BCUT2D eigenvalue weighted by atomic mass is 35.5. The van der Waals surface area contributed by atoms with Gasteiger partial charge in [-0.25, -0.2) is 4.79 Å². The number of carbonyl (C=O) groups is 1. The zero-order valence-corrected chi connectivity index (χ0v) is 11.9. The Hall–Kier alpha value is -1.65. The van der Waals surface area contributed by atoms with Crippen molar-refractivity contribution in [1.82, 2.24) is 0 Å². The maximum absolute atomic E-state index is 11.0. The van der Waals surface area contributed by atoms with Crippen LogP contribution in [0.25, 0.3) is 6.08 Å². The lowest BCUT2D eigenvalue weighted by Crippen LogP contribution is -1.98. The van der Waals surface area contributed by atoms with Crippen molar-refractivity contribution in [3.63, 3.8) is 0 Å². The number of esters is 1. The maximum atomic E-state index is 11.0. The normalized spacial score (nSPS) is 10.6. The van der Waals surface area contributed by atoms with Gasteiger partial charge in [0.05, 0.1) is 12.3 Å². The van der Waals surface area contributed by atoms with Crippen LogP contribution < -0.4 is 5.73 Å². The minimum Gasteiger partial charge on any atom is -0.505 e. The van der Waals surface area contributed by atoms with Crippen LogP contribution in [0.2, 0.25) is 5.02 Å². The van der Waals surface area contributed by atoms with E-state index in [4.69, 9.17) is 22.1 Å². The summed E-state index contributed by atoms with van der Waals surface area (Å²) < 4.78 is 4.71. The smallest absolute Gasteiger partial charge is 0.330 e. The second-order valence-electron chi connectivity index (χ2n) is 3.40. The fourth-order valence-electron chi connectivity index (χ4n) is 1.25. The Morgan fingerprint density at radius 3 is 2.79 bits per heavy atom. The van der Waals surface area contributed by atoms with E-state index in [0.29, 0.717) is 17.2 Å². The highest BCUT2D eigenvalue weighted by Gasteiger charge is 2.03. The van der Waals surface area contributed by atoms with Crippen LogP contribution >= 0.6 is 24.0 Å². The van der Waals surface area contributed by atoms with E-state index in [2.05, 4.69) is 0 Å². The molecule has 0 fully saturated rings. The number of nitrogens with two attached hydrogens (primary N) is 1. The number of carbonyl (C=O) groups excluding carboxylic acids is 1. The summed E-state index contributed by atoms with van der Waals surface area (Å²) >= 11 is 5.81. The second-order valence-corrected chi connectivity index (χ2v) is 3.84. The average Bonchev–Trinajstić information content (AvgIpc) is 2.31. The molecule has 19 heavy (non-hydrogen) atoms. The lowest BCUT2D eigenvalue weighted by Gasteiger charge is -2.03. The molecule has 0 amide bonds. The molecule has 0 radical (unpaired) electrons. The Balaban J connectivity index is 0.00000324. The van der Waals surface area contributed by atoms with Gasteiger partial charge in [0.15, 0.2) is 0 Å². The first-order valence-electron chi connectivity index (χ1n) is 5.34. The molecule has 1 aromatic rings. The first-order chi connectivity index (χ1) is 8.54. The molecule has 0 aromatic heterocycles. The number of benzene rings is 1. The Kier molecular flexibility index (Phi) is 7.72. The number of hydrogen-bond acceptors (Lipinski definition) is 4. The predicted molar refractivity (Wildman–Crippen MR) is 79.6 cm³/mol. The van der Waals surface area contributed by atoms with Gasteiger partial charge in [-0.05, 0) is 19.1 Å². The summed E-state index contributed by atoms with van der Waals surface area (Å²) in [6.45, 7) is 2.06. The third-order valence-electron chi connectivity index (χ3n) is 2.04. The van der Waals surface area contributed by atoms with Crippen molar-refractivity contribution in [1.29, 1.82) is 0 Å². The molecular weight excluding hydrogens is 289 g/mol. The van der Waals surface area contributed by atoms with Crippen LogP contribution in [0.5, 0.6) is 5.75 Å². The molecule has 0 heterocycles. The van der Waals surface area contributed by atoms with Gasteiger partial charge in [0.1, 0.15) is 5.75 Å². The van der Waals surface area contributed by atoms with E-state index >= 15 is 0 Å².